The number of nitrogens with zero attached hydrogens (tertiary/aromatic N) is 4. The highest BCUT2D eigenvalue weighted by molar-refractivity contribution is 5.92. The summed E-state index contributed by atoms with van der Waals surface area (Å²) in [5.41, 5.74) is 12.0. The number of nitrogens with one attached hydrogen (secondary N) is 2. The van der Waals surface area contributed by atoms with Crippen LogP contribution in [0.2, 0.25) is 0 Å². The Hall–Kier alpha value is -3.94. The lowest BCUT2D eigenvalue weighted by atomic mass is 10.0. The van der Waals surface area contributed by atoms with Gasteiger partial charge in [0.2, 0.25) is 5.91 Å². The molecular weight excluding hydrogens is 428 g/mol. The number of para-hydroxylation sites is 1. The first-order valence-electron chi connectivity index (χ1n) is 11.7. The summed E-state index contributed by atoms with van der Waals surface area (Å²) < 4.78 is 1.85. The standard InChI is InChI=1S/C26H28N6O2/c1-17-20(18(2)32-26(27-17)21-10-4-5-11-22(21)30-32)13-14-24(33)28-29-25(34)16-31-15-7-9-19-8-3-6-12-23(19)31/h3-6,8,10-12H,7,9,13-16H2,1-2H3,(H,28,33)(H,29,34). The fraction of sp³-hybridized carbons (Fsp3) is 0.308. The third kappa shape index (κ3) is 4.19. The Balaban J connectivity index is 1.19. The first-order valence-corrected chi connectivity index (χ1v) is 11.7. The van der Waals surface area contributed by atoms with E-state index in [1.807, 2.05) is 60.8 Å². The molecule has 0 unspecified atom stereocenters. The summed E-state index contributed by atoms with van der Waals surface area (Å²) in [6.45, 7) is 5.00. The molecule has 4 aromatic rings. The van der Waals surface area contributed by atoms with Crippen LogP contribution < -0.4 is 15.8 Å². The second kappa shape index (κ2) is 9.13. The minimum absolute atomic E-state index is 0.211. The zero-order valence-corrected chi connectivity index (χ0v) is 19.5. The molecule has 174 valence electrons. The van der Waals surface area contributed by atoms with Crippen molar-refractivity contribution in [1.29, 1.82) is 0 Å². The van der Waals surface area contributed by atoms with E-state index in [9.17, 15) is 9.59 Å². The van der Waals surface area contributed by atoms with Gasteiger partial charge in [-0.25, -0.2) is 9.50 Å². The zero-order chi connectivity index (χ0) is 23.7. The first kappa shape index (κ1) is 21.9. The number of hydrogen-bond acceptors (Lipinski definition) is 5. The Bertz CT molecular complexity index is 1390. The van der Waals surface area contributed by atoms with Crippen molar-refractivity contribution in [2.24, 2.45) is 0 Å². The molecule has 8 nitrogen and oxygen atoms in total. The van der Waals surface area contributed by atoms with Gasteiger partial charge in [0, 0.05) is 35.4 Å². The molecule has 0 radical (unpaired) electrons. The Kier molecular flexibility index (Phi) is 5.88. The number of rotatable bonds is 5. The van der Waals surface area contributed by atoms with Gasteiger partial charge >= 0.3 is 0 Å². The van der Waals surface area contributed by atoms with E-state index in [2.05, 4.69) is 26.9 Å². The number of aryl methyl sites for hydroxylation is 3. The van der Waals surface area contributed by atoms with Crippen molar-refractivity contribution in [3.8, 4) is 0 Å². The van der Waals surface area contributed by atoms with E-state index < -0.39 is 0 Å². The molecule has 1 aliphatic heterocycles. The Morgan fingerprint density at radius 1 is 1.00 bits per heavy atom. The maximum atomic E-state index is 12.5. The van der Waals surface area contributed by atoms with Crippen molar-refractivity contribution in [3.63, 3.8) is 0 Å². The number of fused-ring (bicyclic) bond motifs is 4. The highest BCUT2D eigenvalue weighted by atomic mass is 16.2. The quantitative estimate of drug-likeness (QED) is 0.451. The lowest BCUT2D eigenvalue weighted by Gasteiger charge is -2.30. The summed E-state index contributed by atoms with van der Waals surface area (Å²) in [6.07, 6.45) is 2.79. The van der Waals surface area contributed by atoms with E-state index in [0.717, 1.165) is 58.6 Å². The Labute approximate surface area is 197 Å². The molecule has 0 fully saturated rings. The van der Waals surface area contributed by atoms with Gasteiger partial charge in [-0.2, -0.15) is 5.10 Å². The average Bonchev–Trinajstić information content (AvgIpc) is 3.22. The third-order valence-corrected chi connectivity index (χ3v) is 6.50. The monoisotopic (exact) mass is 456 g/mol. The largest absolute Gasteiger partial charge is 0.362 e. The molecule has 3 heterocycles. The van der Waals surface area contributed by atoms with E-state index in [1.165, 1.54) is 5.56 Å². The highest BCUT2D eigenvalue weighted by Crippen LogP contribution is 2.26. The Morgan fingerprint density at radius 2 is 1.76 bits per heavy atom. The van der Waals surface area contributed by atoms with Crippen molar-refractivity contribution in [2.45, 2.75) is 39.5 Å². The van der Waals surface area contributed by atoms with Crippen molar-refractivity contribution in [1.82, 2.24) is 25.4 Å². The predicted octanol–water partition coefficient (Wildman–Crippen LogP) is 3.03. The summed E-state index contributed by atoms with van der Waals surface area (Å²) in [5.74, 6) is -0.472. The molecule has 0 saturated carbocycles. The number of anilines is 1. The zero-order valence-electron chi connectivity index (χ0n) is 19.5. The topological polar surface area (TPSA) is 91.6 Å². The van der Waals surface area contributed by atoms with Crippen LogP contribution in [-0.4, -0.2) is 39.5 Å². The summed E-state index contributed by atoms with van der Waals surface area (Å²) in [6, 6.07) is 16.1. The van der Waals surface area contributed by atoms with Crippen molar-refractivity contribution in [3.05, 3.63) is 71.0 Å². The molecule has 0 atom stereocenters. The number of hydrogen-bond donors (Lipinski definition) is 2. The normalized spacial score (nSPS) is 13.2. The van der Waals surface area contributed by atoms with Crippen LogP contribution in [0.3, 0.4) is 0 Å². The van der Waals surface area contributed by atoms with E-state index >= 15 is 0 Å². The molecule has 2 aromatic carbocycles. The van der Waals surface area contributed by atoms with Gasteiger partial charge in [-0.1, -0.05) is 30.3 Å². The number of hydrazine groups is 1. The summed E-state index contributed by atoms with van der Waals surface area (Å²) in [7, 11) is 0. The summed E-state index contributed by atoms with van der Waals surface area (Å²) in [4.78, 5) is 31.7. The molecule has 0 aliphatic carbocycles. The number of benzene rings is 2. The van der Waals surface area contributed by atoms with E-state index in [-0.39, 0.29) is 24.8 Å². The molecule has 8 heteroatoms. The lowest BCUT2D eigenvalue weighted by molar-refractivity contribution is -0.128. The second-order valence-corrected chi connectivity index (χ2v) is 8.76. The van der Waals surface area contributed by atoms with E-state index in [1.54, 1.807) is 0 Å². The average molecular weight is 457 g/mol. The fourth-order valence-corrected chi connectivity index (χ4v) is 4.77. The number of amides is 2. The maximum Gasteiger partial charge on any atom is 0.257 e. The molecular formula is C26H28N6O2. The number of carbonyl (C=O) groups excluding carboxylic acids is 2. The van der Waals surface area contributed by atoms with Crippen molar-refractivity contribution in [2.75, 3.05) is 18.0 Å². The van der Waals surface area contributed by atoms with Crippen molar-refractivity contribution < 1.29 is 9.59 Å². The minimum atomic E-state index is -0.239. The number of carbonyl (C=O) groups is 2. The number of aromatic nitrogens is 3. The van der Waals surface area contributed by atoms with Gasteiger partial charge in [0.15, 0.2) is 5.65 Å². The van der Waals surface area contributed by atoms with Crippen LogP contribution in [0.15, 0.2) is 48.5 Å². The van der Waals surface area contributed by atoms with Gasteiger partial charge in [-0.15, -0.1) is 0 Å². The van der Waals surface area contributed by atoms with Crippen LogP contribution in [0, 0.1) is 13.8 Å². The van der Waals surface area contributed by atoms with Crippen LogP contribution in [0.25, 0.3) is 16.6 Å². The van der Waals surface area contributed by atoms with Crippen LogP contribution in [-0.2, 0) is 22.4 Å². The summed E-state index contributed by atoms with van der Waals surface area (Å²) in [5, 5.41) is 5.68. The van der Waals surface area contributed by atoms with E-state index in [4.69, 9.17) is 4.98 Å². The molecule has 1 aliphatic rings. The molecule has 5 rings (SSSR count). The molecule has 34 heavy (non-hydrogen) atoms. The van der Waals surface area contributed by atoms with Crippen LogP contribution >= 0.6 is 0 Å². The molecule has 2 aromatic heterocycles. The molecule has 2 N–H and O–H groups in total. The highest BCUT2D eigenvalue weighted by Gasteiger charge is 2.19. The lowest BCUT2D eigenvalue weighted by Crippen LogP contribution is -2.47. The minimum Gasteiger partial charge on any atom is -0.362 e. The Morgan fingerprint density at radius 3 is 2.65 bits per heavy atom. The second-order valence-electron chi connectivity index (χ2n) is 8.76. The molecule has 0 saturated heterocycles. The smallest absolute Gasteiger partial charge is 0.257 e. The fourth-order valence-electron chi connectivity index (χ4n) is 4.77. The first-order chi connectivity index (χ1) is 16.5. The molecule has 0 spiro atoms. The maximum absolute atomic E-state index is 12.5. The van der Waals surface area contributed by atoms with Gasteiger partial charge < -0.3 is 4.90 Å². The van der Waals surface area contributed by atoms with Gasteiger partial charge in [0.1, 0.15) is 0 Å². The SMILES string of the molecule is Cc1nc2c3ccccc3nn2c(C)c1CCC(=O)NNC(=O)CN1CCCc2ccccc21. The van der Waals surface area contributed by atoms with Gasteiger partial charge in [-0.3, -0.25) is 20.4 Å². The third-order valence-electron chi connectivity index (χ3n) is 6.50. The van der Waals surface area contributed by atoms with Gasteiger partial charge in [-0.05, 0) is 62.4 Å². The van der Waals surface area contributed by atoms with Crippen molar-refractivity contribution >= 4 is 34.1 Å². The predicted molar refractivity (Wildman–Crippen MR) is 132 cm³/mol. The van der Waals surface area contributed by atoms with Crippen LogP contribution in [0.5, 0.6) is 0 Å². The van der Waals surface area contributed by atoms with Crippen LogP contribution in [0.4, 0.5) is 5.69 Å². The molecule has 2 amide bonds. The molecule has 0 bridgehead atoms. The van der Waals surface area contributed by atoms with Crippen LogP contribution in [0.1, 0.15) is 35.4 Å². The van der Waals surface area contributed by atoms with Gasteiger partial charge in [0.05, 0.1) is 12.1 Å². The van der Waals surface area contributed by atoms with Gasteiger partial charge in [0.25, 0.3) is 5.91 Å². The summed E-state index contributed by atoms with van der Waals surface area (Å²) >= 11 is 0. The van der Waals surface area contributed by atoms with E-state index in [0.29, 0.717) is 6.42 Å².